The minimum atomic E-state index is 0. The molecule has 3 nitrogen and oxygen atoms in total. The Balaban J connectivity index is 0. The van der Waals surface area contributed by atoms with Crippen molar-refractivity contribution in [3.63, 3.8) is 0 Å². The Hall–Kier alpha value is 0.634. The van der Waals surface area contributed by atoms with Gasteiger partial charge in [0, 0.05) is 36.9 Å². The van der Waals surface area contributed by atoms with E-state index in [0.717, 1.165) is 0 Å². The Kier molecular flexibility index (Phi) is 20.8. The quantitative estimate of drug-likeness (QED) is 0.468. The van der Waals surface area contributed by atoms with Crippen molar-refractivity contribution in [1.82, 2.24) is 0 Å². The molecule has 0 saturated heterocycles. The van der Waals surface area contributed by atoms with Crippen LogP contribution in [0.5, 0.6) is 0 Å². The molecule has 0 amide bonds. The van der Waals surface area contributed by atoms with Gasteiger partial charge in [0.25, 0.3) is 0 Å². The van der Waals surface area contributed by atoms with Crippen molar-refractivity contribution in [2.75, 3.05) is 0 Å². The second-order valence-corrected chi connectivity index (χ2v) is 0.0816. The molecule has 0 rings (SSSR count). The van der Waals surface area contributed by atoms with Crippen molar-refractivity contribution in [3.05, 3.63) is 4.91 Å². The number of rotatable bonds is 0. The van der Waals surface area contributed by atoms with Gasteiger partial charge < -0.3 is 5.21 Å². The van der Waals surface area contributed by atoms with E-state index in [2.05, 4.69) is 0 Å². The first-order valence-electron chi connectivity index (χ1n) is 0.383. The van der Waals surface area contributed by atoms with Gasteiger partial charge in [0.1, 0.15) is 0 Å². The van der Waals surface area contributed by atoms with E-state index in [9.17, 15) is 0 Å². The molecule has 1 radical (unpaired) electrons. The maximum absolute atomic E-state index is 8.11. The van der Waals surface area contributed by atoms with Crippen LogP contribution < -0.4 is 0 Å². The predicted octanol–water partition coefficient (Wildman–Crippen LogP) is 0.142. The second kappa shape index (κ2) is 9.44. The third-order valence-corrected chi connectivity index (χ3v) is 0. The summed E-state index contributed by atoms with van der Waals surface area (Å²) in [6, 6.07) is 0. The third kappa shape index (κ3) is 17.5. The summed E-state index contributed by atoms with van der Waals surface area (Å²) in [7, 11) is 0. The third-order valence-electron chi connectivity index (χ3n) is 0. The molecule has 0 atom stereocenters. The van der Waals surface area contributed by atoms with Gasteiger partial charge in [0.05, 0.1) is 0 Å². The molecule has 0 aliphatic carbocycles. The van der Waals surface area contributed by atoms with Crippen LogP contribution in [-0.2, 0) is 0 Å². The average molecular weight is 222 g/mol. The van der Waals surface area contributed by atoms with Crippen molar-refractivity contribution >= 4 is 0 Å². The molecule has 0 bridgehead atoms. The predicted molar refractivity (Wildman–Crippen MR) is 7.58 cm³/mol. The Bertz CT molecular complexity index is 13.5. The van der Waals surface area contributed by atoms with Gasteiger partial charge in [-0.15, -0.1) is 4.91 Å². The van der Waals surface area contributed by atoms with E-state index < -0.39 is 0 Å². The Morgan fingerprint density at radius 2 is 1.75 bits per heavy atom. The van der Waals surface area contributed by atoms with Crippen LogP contribution in [0.1, 0.15) is 0 Å². The molecule has 0 unspecified atom stereocenters. The molecule has 4 heteroatoms. The summed E-state index contributed by atoms with van der Waals surface area (Å²) in [5.41, 5.74) is 0. The molecule has 33 valence electrons. The number of hydrogen-bond acceptors (Lipinski definition) is 2. The molecule has 4 heavy (non-hydrogen) atoms. The van der Waals surface area contributed by atoms with Gasteiger partial charge in [0.15, 0.2) is 5.34 Å². The van der Waals surface area contributed by atoms with Crippen LogP contribution in [0, 0.1) is 41.8 Å². The van der Waals surface area contributed by atoms with Crippen molar-refractivity contribution in [2.45, 2.75) is 0 Å². The first-order valence-corrected chi connectivity index (χ1v) is 0.383. The Morgan fingerprint density at radius 1 is 1.75 bits per heavy atom. The van der Waals surface area contributed by atoms with Crippen LogP contribution in [0.2, 0.25) is 0 Å². The fourth-order valence-electron chi connectivity index (χ4n) is 0. The molecule has 0 aliphatic heterocycles. The Labute approximate surface area is 52.1 Å². The molecule has 0 spiro atoms. The molecule has 0 heterocycles. The molecular formula is HLuNO2. The number of nitrogens with zero attached hydrogens (tertiary/aromatic N) is 1. The molecular weight excluding hydrogens is 221 g/mol. The smallest absolute Gasteiger partial charge is 0.152 e. The minimum absolute atomic E-state index is 0. The van der Waals surface area contributed by atoms with Gasteiger partial charge in [-0.3, -0.25) is 0 Å². The van der Waals surface area contributed by atoms with Crippen LogP contribution in [0.15, 0.2) is 5.34 Å². The maximum atomic E-state index is 8.11. The van der Waals surface area contributed by atoms with Gasteiger partial charge in [-0.2, -0.15) is 0 Å². The van der Waals surface area contributed by atoms with E-state index in [0.29, 0.717) is 0 Å². The van der Waals surface area contributed by atoms with E-state index in [1.165, 1.54) is 5.34 Å². The molecule has 0 fully saturated rings. The SMILES string of the molecule is O=NO.[Lu]. The molecule has 1 N–H and O–H groups in total. The molecule has 0 aromatic carbocycles. The van der Waals surface area contributed by atoms with Gasteiger partial charge in [-0.25, -0.2) is 0 Å². The summed E-state index contributed by atoms with van der Waals surface area (Å²) in [4.78, 5) is 8.11. The van der Waals surface area contributed by atoms with Crippen molar-refractivity contribution < 1.29 is 42.1 Å². The largest absolute Gasteiger partial charge is 0.379 e. The van der Waals surface area contributed by atoms with Gasteiger partial charge in [-0.05, 0) is 0 Å². The minimum Gasteiger partial charge on any atom is -0.379 e. The summed E-state index contributed by atoms with van der Waals surface area (Å²) < 4.78 is 0. The first kappa shape index (κ1) is 8.82. The molecule has 0 saturated carbocycles. The standard InChI is InChI=1S/Lu.HNO2/c;2-1-3/h;(H,2,3). The molecule has 0 aromatic rings. The average Bonchev–Trinajstić information content (AvgIpc) is 0.918. The van der Waals surface area contributed by atoms with E-state index in [1.54, 1.807) is 0 Å². The van der Waals surface area contributed by atoms with E-state index >= 15 is 0 Å². The van der Waals surface area contributed by atoms with Crippen molar-refractivity contribution in [3.8, 4) is 0 Å². The number of hydrogen-bond donors (Lipinski definition) is 1. The molecule has 0 aromatic heterocycles. The van der Waals surface area contributed by atoms with Crippen molar-refractivity contribution in [2.24, 2.45) is 5.34 Å². The summed E-state index contributed by atoms with van der Waals surface area (Å²) in [6.45, 7) is 0. The van der Waals surface area contributed by atoms with E-state index in [1.807, 2.05) is 0 Å². The zero-order valence-electron chi connectivity index (χ0n) is 1.56. The summed E-state index contributed by atoms with van der Waals surface area (Å²) >= 11 is 0. The topological polar surface area (TPSA) is 49.7 Å². The Morgan fingerprint density at radius 3 is 1.75 bits per heavy atom. The second-order valence-electron chi connectivity index (χ2n) is 0.0816. The molecule has 0 aliphatic rings. The van der Waals surface area contributed by atoms with Gasteiger partial charge in [0.2, 0.25) is 0 Å². The normalized spacial score (nSPS) is 3.00. The summed E-state index contributed by atoms with van der Waals surface area (Å²) in [6.07, 6.45) is 0. The van der Waals surface area contributed by atoms with Crippen LogP contribution in [0.4, 0.5) is 0 Å². The van der Waals surface area contributed by atoms with Crippen LogP contribution in [0.3, 0.4) is 0 Å². The van der Waals surface area contributed by atoms with Gasteiger partial charge in [-0.1, -0.05) is 0 Å². The summed E-state index contributed by atoms with van der Waals surface area (Å²) in [5, 5.41) is 7.89. The van der Waals surface area contributed by atoms with Crippen LogP contribution in [-0.4, -0.2) is 5.21 Å². The van der Waals surface area contributed by atoms with E-state index in [4.69, 9.17) is 10.1 Å². The van der Waals surface area contributed by atoms with Crippen LogP contribution in [0.25, 0.3) is 0 Å². The van der Waals surface area contributed by atoms with Gasteiger partial charge >= 0.3 is 0 Å². The van der Waals surface area contributed by atoms with Crippen molar-refractivity contribution in [1.29, 1.82) is 0 Å². The maximum Gasteiger partial charge on any atom is 0.152 e. The summed E-state index contributed by atoms with van der Waals surface area (Å²) in [5.74, 6) is 0. The fourth-order valence-corrected chi connectivity index (χ4v) is 0. The van der Waals surface area contributed by atoms with Crippen LogP contribution >= 0.6 is 0 Å². The zero-order chi connectivity index (χ0) is 2.71. The monoisotopic (exact) mass is 222 g/mol. The zero-order valence-corrected chi connectivity index (χ0v) is 3.22. The first-order chi connectivity index (χ1) is 1.41. The van der Waals surface area contributed by atoms with E-state index in [-0.39, 0.29) is 36.9 Å². The fraction of sp³-hybridized carbons (Fsp3) is 0.